The van der Waals surface area contributed by atoms with Gasteiger partial charge in [-0.15, -0.1) is 0 Å². The third-order valence-corrected chi connectivity index (χ3v) is 4.16. The van der Waals surface area contributed by atoms with Crippen LogP contribution in [0, 0.1) is 0 Å². The zero-order chi connectivity index (χ0) is 15.0. The molecule has 2 atom stereocenters. The fourth-order valence-electron chi connectivity index (χ4n) is 3.01. The lowest BCUT2D eigenvalue weighted by Crippen LogP contribution is -2.32. The summed E-state index contributed by atoms with van der Waals surface area (Å²) in [4.78, 5) is 0. The maximum absolute atomic E-state index is 6.20. The molecule has 1 fully saturated rings. The smallest absolute Gasteiger partial charge is 0.0812 e. The average Bonchev–Trinajstić information content (AvgIpc) is 2.57. The molecule has 0 spiro atoms. The van der Waals surface area contributed by atoms with E-state index in [1.165, 1.54) is 17.5 Å². The van der Waals surface area contributed by atoms with Gasteiger partial charge in [0.2, 0.25) is 0 Å². The maximum atomic E-state index is 6.20. The van der Waals surface area contributed by atoms with Gasteiger partial charge in [-0.25, -0.2) is 0 Å². The highest BCUT2D eigenvalue weighted by atomic mass is 16.5. The quantitative estimate of drug-likeness (QED) is 0.787. The Labute approximate surface area is 133 Å². The maximum Gasteiger partial charge on any atom is 0.0812 e. The van der Waals surface area contributed by atoms with E-state index >= 15 is 0 Å². The van der Waals surface area contributed by atoms with Crippen molar-refractivity contribution in [3.63, 3.8) is 0 Å². The van der Waals surface area contributed by atoms with Crippen molar-refractivity contribution in [1.82, 2.24) is 0 Å². The van der Waals surface area contributed by atoms with Crippen LogP contribution < -0.4 is 0 Å². The van der Waals surface area contributed by atoms with Crippen LogP contribution >= 0.6 is 0 Å². The summed E-state index contributed by atoms with van der Waals surface area (Å²) in [5.41, 5.74) is 2.58. The molecule has 2 nitrogen and oxygen atoms in total. The van der Waals surface area contributed by atoms with Gasteiger partial charge in [-0.2, -0.15) is 0 Å². The first-order valence-electron chi connectivity index (χ1n) is 8.21. The van der Waals surface area contributed by atoms with Crippen LogP contribution in [0.25, 0.3) is 0 Å². The van der Waals surface area contributed by atoms with Crippen molar-refractivity contribution in [1.29, 1.82) is 0 Å². The van der Waals surface area contributed by atoms with Crippen LogP contribution in [-0.2, 0) is 22.5 Å². The summed E-state index contributed by atoms with van der Waals surface area (Å²) in [6.45, 7) is 1.37. The van der Waals surface area contributed by atoms with E-state index in [2.05, 4.69) is 42.5 Å². The summed E-state index contributed by atoms with van der Waals surface area (Å²) in [6.07, 6.45) is 5.09. The first kappa shape index (κ1) is 15.3. The van der Waals surface area contributed by atoms with E-state index in [-0.39, 0.29) is 6.10 Å². The highest BCUT2D eigenvalue weighted by Gasteiger charge is 2.22. The van der Waals surface area contributed by atoms with E-state index in [1.54, 1.807) is 0 Å². The van der Waals surface area contributed by atoms with Gasteiger partial charge in [0.05, 0.1) is 25.4 Å². The van der Waals surface area contributed by atoms with E-state index in [4.69, 9.17) is 9.47 Å². The molecule has 0 aliphatic carbocycles. The molecule has 0 bridgehead atoms. The lowest BCUT2D eigenvalue weighted by molar-refractivity contribution is -0.0880. The number of ether oxygens (including phenoxy) is 2. The molecule has 1 aliphatic rings. The van der Waals surface area contributed by atoms with Crippen molar-refractivity contribution >= 4 is 0 Å². The Morgan fingerprint density at radius 3 is 2.18 bits per heavy atom. The average molecular weight is 296 g/mol. The fourth-order valence-corrected chi connectivity index (χ4v) is 3.01. The number of hydrogen-bond donors (Lipinski definition) is 0. The van der Waals surface area contributed by atoms with Gasteiger partial charge >= 0.3 is 0 Å². The Morgan fingerprint density at radius 1 is 0.818 bits per heavy atom. The monoisotopic (exact) mass is 296 g/mol. The number of hydrogen-bond acceptors (Lipinski definition) is 2. The molecule has 1 heterocycles. The van der Waals surface area contributed by atoms with Gasteiger partial charge in [0.1, 0.15) is 0 Å². The van der Waals surface area contributed by atoms with Crippen molar-refractivity contribution in [2.75, 3.05) is 6.61 Å². The van der Waals surface area contributed by atoms with Crippen LogP contribution in [0.2, 0.25) is 0 Å². The molecule has 0 radical (unpaired) electrons. The van der Waals surface area contributed by atoms with E-state index in [0.29, 0.717) is 19.3 Å². The summed E-state index contributed by atoms with van der Waals surface area (Å²) in [5, 5.41) is 0. The van der Waals surface area contributed by atoms with Gasteiger partial charge in [-0.1, -0.05) is 60.7 Å². The molecule has 1 saturated heterocycles. The normalized spacial score (nSPS) is 21.6. The lowest BCUT2D eigenvalue weighted by atomic mass is 9.99. The molecule has 0 N–H and O–H groups in total. The van der Waals surface area contributed by atoms with Gasteiger partial charge in [0, 0.05) is 0 Å². The van der Waals surface area contributed by atoms with E-state index < -0.39 is 0 Å². The molecule has 0 amide bonds. The summed E-state index contributed by atoms with van der Waals surface area (Å²) >= 11 is 0. The van der Waals surface area contributed by atoms with E-state index in [1.807, 2.05) is 18.2 Å². The zero-order valence-corrected chi connectivity index (χ0v) is 13.0. The lowest BCUT2D eigenvalue weighted by Gasteiger charge is -2.30. The van der Waals surface area contributed by atoms with Gasteiger partial charge < -0.3 is 9.47 Å². The molecule has 1 aliphatic heterocycles. The van der Waals surface area contributed by atoms with Crippen LogP contribution in [0.15, 0.2) is 60.7 Å². The Bertz CT molecular complexity index is 538. The molecule has 0 saturated carbocycles. The van der Waals surface area contributed by atoms with E-state index in [0.717, 1.165) is 19.3 Å². The van der Waals surface area contributed by atoms with Crippen LogP contribution in [0.3, 0.4) is 0 Å². The van der Waals surface area contributed by atoms with Crippen LogP contribution in [-0.4, -0.2) is 18.8 Å². The van der Waals surface area contributed by atoms with Gasteiger partial charge in [0.15, 0.2) is 0 Å². The highest BCUT2D eigenvalue weighted by molar-refractivity contribution is 5.15. The Hall–Kier alpha value is -1.64. The highest BCUT2D eigenvalue weighted by Crippen LogP contribution is 2.22. The van der Waals surface area contributed by atoms with Crippen LogP contribution in [0.5, 0.6) is 0 Å². The van der Waals surface area contributed by atoms with Crippen molar-refractivity contribution in [2.24, 2.45) is 0 Å². The molecule has 2 aromatic carbocycles. The summed E-state index contributed by atoms with van der Waals surface area (Å²) in [6, 6.07) is 20.9. The minimum atomic E-state index is 0.242. The van der Waals surface area contributed by atoms with Gasteiger partial charge in [0.25, 0.3) is 0 Å². The topological polar surface area (TPSA) is 18.5 Å². The molecule has 0 unspecified atom stereocenters. The number of benzene rings is 2. The fraction of sp³-hybridized carbons (Fsp3) is 0.400. The second-order valence-corrected chi connectivity index (χ2v) is 6.00. The van der Waals surface area contributed by atoms with Crippen LogP contribution in [0.4, 0.5) is 0 Å². The minimum absolute atomic E-state index is 0.242. The Morgan fingerprint density at radius 2 is 1.45 bits per heavy atom. The van der Waals surface area contributed by atoms with Gasteiger partial charge in [-0.3, -0.25) is 0 Å². The molecule has 3 rings (SSSR count). The molecular weight excluding hydrogens is 272 g/mol. The zero-order valence-electron chi connectivity index (χ0n) is 13.0. The minimum Gasteiger partial charge on any atom is -0.374 e. The standard InChI is InChI=1S/C20H24O2/c1-3-8-17(9-4-1)14-19-12-7-13-20(22-19)16-21-15-18-10-5-2-6-11-18/h1-6,8-11,19-20H,7,12-16H2/t19-,20+/m1/s1. The summed E-state index contributed by atoms with van der Waals surface area (Å²) in [5.74, 6) is 0. The summed E-state index contributed by atoms with van der Waals surface area (Å²) < 4.78 is 12.0. The second-order valence-electron chi connectivity index (χ2n) is 6.00. The predicted octanol–water partition coefficient (Wildman–Crippen LogP) is 4.38. The van der Waals surface area contributed by atoms with Crippen molar-refractivity contribution < 1.29 is 9.47 Å². The van der Waals surface area contributed by atoms with Crippen molar-refractivity contribution in [3.8, 4) is 0 Å². The first-order chi connectivity index (χ1) is 10.9. The second kappa shape index (κ2) is 8.11. The molecule has 22 heavy (non-hydrogen) atoms. The number of rotatable bonds is 6. The predicted molar refractivity (Wildman–Crippen MR) is 88.8 cm³/mol. The SMILES string of the molecule is c1ccc(COC[C@@H]2CCC[C@H](Cc3ccccc3)O2)cc1. The third kappa shape index (κ3) is 4.69. The van der Waals surface area contributed by atoms with Gasteiger partial charge in [-0.05, 0) is 36.8 Å². The molecule has 0 aromatic heterocycles. The Kier molecular flexibility index (Phi) is 5.63. The van der Waals surface area contributed by atoms with Crippen LogP contribution in [0.1, 0.15) is 30.4 Å². The molecule has 2 aromatic rings. The first-order valence-corrected chi connectivity index (χ1v) is 8.21. The third-order valence-electron chi connectivity index (χ3n) is 4.16. The van der Waals surface area contributed by atoms with E-state index in [9.17, 15) is 0 Å². The Balaban J connectivity index is 1.42. The van der Waals surface area contributed by atoms with Crippen molar-refractivity contribution in [2.45, 2.75) is 44.5 Å². The molecular formula is C20H24O2. The molecule has 2 heteroatoms. The largest absolute Gasteiger partial charge is 0.374 e. The van der Waals surface area contributed by atoms with Crippen molar-refractivity contribution in [3.05, 3.63) is 71.8 Å². The molecule has 116 valence electrons. The summed E-state index contributed by atoms with van der Waals surface area (Å²) in [7, 11) is 0.